The van der Waals surface area contributed by atoms with Crippen molar-refractivity contribution in [2.24, 2.45) is 0 Å². The summed E-state index contributed by atoms with van der Waals surface area (Å²) in [5, 5.41) is 9.25. The van der Waals surface area contributed by atoms with Crippen molar-refractivity contribution in [2.75, 3.05) is 0 Å². The van der Waals surface area contributed by atoms with E-state index in [1.165, 1.54) is 30.9 Å². The molecule has 5 aromatic heterocycles. The SMILES string of the molecule is c1ccc(-c2cc(-c3nc(-c4ccc5c(c4)oc4ccccc45)nc(-c4ccc5c(c4)oc4ccccc45)n3)cc(-c3ccccc3)c2-n2c3ccccc3c3c4sc5ccccc5c4ccc32)cc1. The Morgan fingerprint density at radius 3 is 1.40 bits per heavy atom. The molecule has 15 aromatic rings. The minimum absolute atomic E-state index is 0.536. The summed E-state index contributed by atoms with van der Waals surface area (Å²) in [5.74, 6) is 1.62. The average molecular weight is 913 g/mol. The third-order valence-corrected chi connectivity index (χ3v) is 15.1. The molecule has 0 saturated carbocycles. The Morgan fingerprint density at radius 2 is 0.800 bits per heavy atom. The fraction of sp³-hybridized carbons (Fsp3) is 0. The van der Waals surface area contributed by atoms with E-state index < -0.39 is 0 Å². The maximum absolute atomic E-state index is 6.41. The second-order valence-corrected chi connectivity index (χ2v) is 18.9. The van der Waals surface area contributed by atoms with E-state index >= 15 is 0 Å². The molecule has 6 nitrogen and oxygen atoms in total. The fourth-order valence-corrected chi connectivity index (χ4v) is 11.9. The Balaban J connectivity index is 1.02. The highest BCUT2D eigenvalue weighted by Gasteiger charge is 2.25. The lowest BCUT2D eigenvalue weighted by Gasteiger charge is -2.21. The molecular formula is C63H36N4O2S. The van der Waals surface area contributed by atoms with Crippen LogP contribution in [0.1, 0.15) is 0 Å². The quantitative estimate of drug-likeness (QED) is 0.166. The van der Waals surface area contributed by atoms with Crippen LogP contribution in [0.25, 0.3) is 148 Å². The normalized spacial score (nSPS) is 12.0. The highest BCUT2D eigenvalue weighted by Crippen LogP contribution is 2.47. The van der Waals surface area contributed by atoms with E-state index in [0.717, 1.165) is 99.5 Å². The van der Waals surface area contributed by atoms with Crippen molar-refractivity contribution in [3.05, 3.63) is 218 Å². The van der Waals surface area contributed by atoms with Gasteiger partial charge in [-0.15, -0.1) is 11.3 Å². The molecule has 15 rings (SSSR count). The van der Waals surface area contributed by atoms with Crippen molar-refractivity contribution < 1.29 is 8.83 Å². The monoisotopic (exact) mass is 912 g/mol. The Morgan fingerprint density at radius 1 is 0.329 bits per heavy atom. The molecule has 0 atom stereocenters. The summed E-state index contributed by atoms with van der Waals surface area (Å²) in [5.41, 5.74) is 13.3. The number of aromatic nitrogens is 4. The smallest absolute Gasteiger partial charge is 0.164 e. The van der Waals surface area contributed by atoms with E-state index in [-0.39, 0.29) is 0 Å². The van der Waals surface area contributed by atoms with Crippen molar-refractivity contribution in [3.63, 3.8) is 0 Å². The largest absolute Gasteiger partial charge is 0.456 e. The third kappa shape index (κ3) is 5.95. The van der Waals surface area contributed by atoms with Crippen LogP contribution in [0.3, 0.4) is 0 Å². The minimum atomic E-state index is 0.536. The zero-order valence-corrected chi connectivity index (χ0v) is 38.1. The Labute approximate surface area is 404 Å². The Bertz CT molecular complexity index is 4410. The number of rotatable bonds is 6. The van der Waals surface area contributed by atoms with Gasteiger partial charge in [-0.2, -0.15) is 0 Å². The third-order valence-electron chi connectivity index (χ3n) is 13.9. The number of hydrogen-bond donors (Lipinski definition) is 0. The summed E-state index contributed by atoms with van der Waals surface area (Å²) in [6, 6.07) is 76.9. The van der Waals surface area contributed by atoms with Crippen LogP contribution in [0.4, 0.5) is 0 Å². The molecule has 10 aromatic carbocycles. The molecule has 0 amide bonds. The van der Waals surface area contributed by atoms with Crippen LogP contribution in [0.2, 0.25) is 0 Å². The van der Waals surface area contributed by atoms with Crippen LogP contribution in [0.15, 0.2) is 227 Å². The van der Waals surface area contributed by atoms with Crippen LogP contribution < -0.4 is 0 Å². The van der Waals surface area contributed by atoms with Gasteiger partial charge in [-0.25, -0.2) is 15.0 Å². The summed E-state index contributed by atoms with van der Waals surface area (Å²) in [4.78, 5) is 16.0. The van der Waals surface area contributed by atoms with Gasteiger partial charge in [-0.05, 0) is 77.9 Å². The summed E-state index contributed by atoms with van der Waals surface area (Å²) in [6.07, 6.45) is 0. The van der Waals surface area contributed by atoms with E-state index in [1.54, 1.807) is 0 Å². The van der Waals surface area contributed by atoms with Gasteiger partial charge in [0, 0.05) is 80.3 Å². The van der Waals surface area contributed by atoms with Crippen LogP contribution in [-0.4, -0.2) is 19.5 Å². The first-order valence-electron chi connectivity index (χ1n) is 23.4. The second-order valence-electron chi connectivity index (χ2n) is 17.9. The Hall–Kier alpha value is -9.17. The van der Waals surface area contributed by atoms with E-state index in [1.807, 2.05) is 59.9 Å². The van der Waals surface area contributed by atoms with Crippen molar-refractivity contribution in [1.29, 1.82) is 0 Å². The molecule has 0 radical (unpaired) electrons. The number of fused-ring (bicyclic) bond motifs is 13. The number of benzene rings is 10. The van der Waals surface area contributed by atoms with E-state index in [4.69, 9.17) is 23.8 Å². The van der Waals surface area contributed by atoms with Gasteiger partial charge in [-0.1, -0.05) is 152 Å². The van der Waals surface area contributed by atoms with Gasteiger partial charge < -0.3 is 13.4 Å². The average Bonchev–Trinajstić information content (AvgIpc) is 4.19. The first kappa shape index (κ1) is 38.9. The van der Waals surface area contributed by atoms with Crippen LogP contribution in [-0.2, 0) is 0 Å². The fourth-order valence-electron chi connectivity index (χ4n) is 10.6. The molecule has 0 unspecified atom stereocenters. The first-order chi connectivity index (χ1) is 34.7. The zero-order chi connectivity index (χ0) is 45.9. The molecule has 0 saturated heterocycles. The molecule has 0 bridgehead atoms. The van der Waals surface area contributed by atoms with Gasteiger partial charge >= 0.3 is 0 Å². The molecular weight excluding hydrogens is 877 g/mol. The van der Waals surface area contributed by atoms with Gasteiger partial charge in [0.1, 0.15) is 22.3 Å². The van der Waals surface area contributed by atoms with Crippen LogP contribution >= 0.6 is 11.3 Å². The summed E-state index contributed by atoms with van der Waals surface area (Å²) >= 11 is 1.87. The van der Waals surface area contributed by atoms with Crippen LogP contribution in [0.5, 0.6) is 0 Å². The molecule has 0 aliphatic rings. The van der Waals surface area contributed by atoms with Gasteiger partial charge in [-0.3, -0.25) is 0 Å². The van der Waals surface area contributed by atoms with E-state index in [2.05, 4.69) is 174 Å². The molecule has 70 heavy (non-hydrogen) atoms. The molecule has 326 valence electrons. The van der Waals surface area contributed by atoms with Gasteiger partial charge in [0.2, 0.25) is 0 Å². The number of hydrogen-bond acceptors (Lipinski definition) is 6. The predicted molar refractivity (Wildman–Crippen MR) is 289 cm³/mol. The predicted octanol–water partition coefficient (Wildman–Crippen LogP) is 17.5. The Kier molecular flexibility index (Phi) is 8.43. The molecule has 0 N–H and O–H groups in total. The van der Waals surface area contributed by atoms with Crippen LogP contribution in [0, 0.1) is 0 Å². The zero-order valence-electron chi connectivity index (χ0n) is 37.3. The number of furan rings is 2. The van der Waals surface area contributed by atoms with Crippen molar-refractivity contribution >= 4 is 97.2 Å². The standard InChI is InChI=1S/C63H36N4O2S/c1-3-15-37(16-4-1)49-33-41(34-50(38-17-5-2-6-18-38)59(49)67-51-23-11-7-22-48(51)58-52(67)32-31-47-46-21-10-14-26-57(46)70-60(47)58)63-65-61(39-27-29-44-42-19-8-12-24-53(42)68-55(44)35-39)64-62(66-63)40-28-30-45-43-20-9-13-25-54(43)69-56(45)36-40/h1-36H. The van der Waals surface area contributed by atoms with Crippen molar-refractivity contribution in [2.45, 2.75) is 0 Å². The van der Waals surface area contributed by atoms with Gasteiger partial charge in [0.25, 0.3) is 0 Å². The molecule has 0 fully saturated rings. The molecule has 0 spiro atoms. The van der Waals surface area contributed by atoms with Gasteiger partial charge in [0.05, 0.1) is 16.7 Å². The number of para-hydroxylation sites is 3. The lowest BCUT2D eigenvalue weighted by molar-refractivity contribution is 0.668. The summed E-state index contributed by atoms with van der Waals surface area (Å²) in [7, 11) is 0. The minimum Gasteiger partial charge on any atom is -0.456 e. The number of nitrogens with zero attached hydrogens (tertiary/aromatic N) is 4. The van der Waals surface area contributed by atoms with E-state index in [0.29, 0.717) is 17.5 Å². The first-order valence-corrected chi connectivity index (χ1v) is 24.2. The number of thiophene rings is 1. The molecule has 7 heteroatoms. The summed E-state index contributed by atoms with van der Waals surface area (Å²) in [6.45, 7) is 0. The molecule has 0 aliphatic heterocycles. The summed E-state index contributed by atoms with van der Waals surface area (Å²) < 4.78 is 17.9. The van der Waals surface area contributed by atoms with Gasteiger partial charge in [0.15, 0.2) is 17.5 Å². The highest BCUT2D eigenvalue weighted by molar-refractivity contribution is 7.26. The lowest BCUT2D eigenvalue weighted by Crippen LogP contribution is -2.04. The maximum Gasteiger partial charge on any atom is 0.164 e. The van der Waals surface area contributed by atoms with Crippen molar-refractivity contribution in [1.82, 2.24) is 19.5 Å². The van der Waals surface area contributed by atoms with Crippen molar-refractivity contribution in [3.8, 4) is 62.1 Å². The molecule has 0 aliphatic carbocycles. The maximum atomic E-state index is 6.41. The highest BCUT2D eigenvalue weighted by atomic mass is 32.1. The van der Waals surface area contributed by atoms with E-state index in [9.17, 15) is 0 Å². The topological polar surface area (TPSA) is 69.9 Å². The lowest BCUT2D eigenvalue weighted by atomic mass is 9.92. The second kappa shape index (κ2) is 15.2. The molecule has 5 heterocycles.